The third-order valence-corrected chi connectivity index (χ3v) is 1.12. The van der Waals surface area contributed by atoms with Gasteiger partial charge in [0.1, 0.15) is 0 Å². The van der Waals surface area contributed by atoms with Gasteiger partial charge in [0.05, 0.1) is 6.61 Å². The molecule has 1 N–H and O–H groups in total. The molecule has 0 bridgehead atoms. The van der Waals surface area contributed by atoms with E-state index in [4.69, 9.17) is 5.11 Å². The Kier molecular flexibility index (Phi) is 6.11. The molecule has 0 aliphatic carbocycles. The highest BCUT2D eigenvalue weighted by molar-refractivity contribution is 5.66. The maximum atomic E-state index is 9.94. The summed E-state index contributed by atoms with van der Waals surface area (Å²) in [7, 11) is 0. The SMILES string of the molecule is [O]OCCCCCC(=O)O. The van der Waals surface area contributed by atoms with Crippen LogP contribution >= 0.6 is 0 Å². The number of rotatable bonds is 6. The van der Waals surface area contributed by atoms with Crippen molar-refractivity contribution in [3.63, 3.8) is 0 Å². The van der Waals surface area contributed by atoms with E-state index < -0.39 is 5.97 Å². The molecule has 0 aromatic rings. The minimum atomic E-state index is -0.789. The van der Waals surface area contributed by atoms with Crippen LogP contribution in [0.15, 0.2) is 0 Å². The highest BCUT2D eigenvalue weighted by atomic mass is 17.1. The van der Waals surface area contributed by atoms with Crippen LogP contribution in [0.25, 0.3) is 0 Å². The van der Waals surface area contributed by atoms with Gasteiger partial charge < -0.3 is 5.11 Å². The number of aliphatic carboxylic acids is 1. The van der Waals surface area contributed by atoms with E-state index in [0.29, 0.717) is 12.8 Å². The number of hydrogen-bond acceptors (Lipinski definition) is 2. The summed E-state index contributed by atoms with van der Waals surface area (Å²) in [6, 6.07) is 0. The Morgan fingerprint density at radius 1 is 1.30 bits per heavy atom. The number of unbranched alkanes of at least 4 members (excludes halogenated alkanes) is 2. The van der Waals surface area contributed by atoms with E-state index in [0.717, 1.165) is 6.42 Å². The molecular formula is C6H11O4. The van der Waals surface area contributed by atoms with Crippen molar-refractivity contribution < 1.29 is 20.0 Å². The van der Waals surface area contributed by atoms with E-state index in [1.165, 1.54) is 0 Å². The zero-order valence-corrected chi connectivity index (χ0v) is 5.71. The van der Waals surface area contributed by atoms with Gasteiger partial charge in [0, 0.05) is 6.42 Å². The predicted molar refractivity (Wildman–Crippen MR) is 32.7 cm³/mol. The Balaban J connectivity index is 2.84. The molecule has 0 aromatic heterocycles. The third-order valence-electron chi connectivity index (χ3n) is 1.12. The van der Waals surface area contributed by atoms with Crippen LogP contribution in [0.3, 0.4) is 0 Å². The highest BCUT2D eigenvalue weighted by Crippen LogP contribution is 1.98. The number of carbonyl (C=O) groups is 1. The third kappa shape index (κ3) is 7.39. The minimum absolute atomic E-state index is 0.179. The van der Waals surface area contributed by atoms with Crippen molar-refractivity contribution in [1.29, 1.82) is 0 Å². The first kappa shape index (κ1) is 9.39. The van der Waals surface area contributed by atoms with Crippen molar-refractivity contribution in [2.75, 3.05) is 6.61 Å². The monoisotopic (exact) mass is 147 g/mol. The highest BCUT2D eigenvalue weighted by Gasteiger charge is 1.95. The summed E-state index contributed by atoms with van der Waals surface area (Å²) in [5.74, 6) is -0.789. The molecule has 4 nitrogen and oxygen atoms in total. The lowest BCUT2D eigenvalue weighted by molar-refractivity contribution is -0.303. The lowest BCUT2D eigenvalue weighted by Gasteiger charge is -1.94. The van der Waals surface area contributed by atoms with E-state index in [9.17, 15) is 10.1 Å². The fourth-order valence-electron chi connectivity index (χ4n) is 0.614. The summed E-state index contributed by atoms with van der Waals surface area (Å²) in [6.07, 6.45) is 2.20. The average Bonchev–Trinajstić information content (AvgIpc) is 1.87. The second kappa shape index (κ2) is 6.51. The molecule has 0 aliphatic rings. The summed E-state index contributed by atoms with van der Waals surface area (Å²) >= 11 is 0. The van der Waals surface area contributed by atoms with Gasteiger partial charge in [0.15, 0.2) is 0 Å². The van der Waals surface area contributed by atoms with Gasteiger partial charge in [0.2, 0.25) is 0 Å². The average molecular weight is 147 g/mol. The first-order valence-electron chi connectivity index (χ1n) is 3.24. The van der Waals surface area contributed by atoms with Gasteiger partial charge in [-0.05, 0) is 18.1 Å². The number of carboxylic acid groups (broad SMARTS) is 1. The molecular weight excluding hydrogens is 136 g/mol. The van der Waals surface area contributed by atoms with Gasteiger partial charge in [-0.25, -0.2) is 4.89 Å². The minimum Gasteiger partial charge on any atom is -0.481 e. The molecule has 0 aliphatic heterocycles. The van der Waals surface area contributed by atoms with Gasteiger partial charge in [-0.1, -0.05) is 6.42 Å². The molecule has 0 rings (SSSR count). The lowest BCUT2D eigenvalue weighted by atomic mass is 10.2. The zero-order valence-electron chi connectivity index (χ0n) is 5.71. The number of hydrogen-bond donors (Lipinski definition) is 1. The predicted octanol–water partition coefficient (Wildman–Crippen LogP) is 0.994. The van der Waals surface area contributed by atoms with Crippen LogP contribution in [0.2, 0.25) is 0 Å². The Labute approximate surface area is 59.4 Å². The van der Waals surface area contributed by atoms with E-state index in [-0.39, 0.29) is 13.0 Å². The van der Waals surface area contributed by atoms with Crippen LogP contribution in [0, 0.1) is 0 Å². The lowest BCUT2D eigenvalue weighted by Crippen LogP contribution is -1.94. The molecule has 59 valence electrons. The molecule has 0 atom stereocenters. The van der Waals surface area contributed by atoms with Crippen LogP contribution in [-0.2, 0) is 14.9 Å². The first-order chi connectivity index (χ1) is 4.77. The maximum Gasteiger partial charge on any atom is 0.303 e. The molecule has 4 heteroatoms. The molecule has 0 aromatic carbocycles. The summed E-state index contributed by atoms with van der Waals surface area (Å²) in [5, 5.41) is 17.6. The van der Waals surface area contributed by atoms with Crippen molar-refractivity contribution in [1.82, 2.24) is 0 Å². The van der Waals surface area contributed by atoms with Gasteiger partial charge in [-0.3, -0.25) is 4.79 Å². The largest absolute Gasteiger partial charge is 0.481 e. The van der Waals surface area contributed by atoms with Crippen LogP contribution < -0.4 is 0 Å². The summed E-state index contributed by atoms with van der Waals surface area (Å²) in [6.45, 7) is 0.180. The molecule has 0 unspecified atom stereocenters. The summed E-state index contributed by atoms with van der Waals surface area (Å²) in [4.78, 5) is 13.5. The van der Waals surface area contributed by atoms with Gasteiger partial charge in [-0.15, -0.1) is 0 Å². The zero-order chi connectivity index (χ0) is 7.82. The van der Waals surface area contributed by atoms with Gasteiger partial charge >= 0.3 is 5.97 Å². The Morgan fingerprint density at radius 2 is 2.00 bits per heavy atom. The molecule has 10 heavy (non-hydrogen) atoms. The van der Waals surface area contributed by atoms with Gasteiger partial charge in [-0.2, -0.15) is 0 Å². The van der Waals surface area contributed by atoms with Crippen molar-refractivity contribution in [2.24, 2.45) is 0 Å². The molecule has 1 radical (unpaired) electrons. The summed E-state index contributed by atoms with van der Waals surface area (Å²) < 4.78 is 0. The molecule has 0 amide bonds. The van der Waals surface area contributed by atoms with Crippen LogP contribution in [0.1, 0.15) is 25.7 Å². The smallest absolute Gasteiger partial charge is 0.303 e. The number of carboxylic acids is 1. The van der Waals surface area contributed by atoms with Crippen molar-refractivity contribution >= 4 is 5.97 Å². The maximum absolute atomic E-state index is 9.94. The van der Waals surface area contributed by atoms with Crippen molar-refractivity contribution in [2.45, 2.75) is 25.7 Å². The Hall–Kier alpha value is -0.610. The normalized spacial score (nSPS) is 9.70. The van der Waals surface area contributed by atoms with Crippen LogP contribution in [0.5, 0.6) is 0 Å². The quantitative estimate of drug-likeness (QED) is 0.346. The fraction of sp³-hybridized carbons (Fsp3) is 0.833. The van der Waals surface area contributed by atoms with Crippen LogP contribution in [-0.4, -0.2) is 17.7 Å². The fourth-order valence-corrected chi connectivity index (χ4v) is 0.614. The second-order valence-corrected chi connectivity index (χ2v) is 2.03. The molecule has 0 saturated carbocycles. The summed E-state index contributed by atoms with van der Waals surface area (Å²) in [5.41, 5.74) is 0. The molecule has 0 fully saturated rings. The molecule has 0 spiro atoms. The van der Waals surface area contributed by atoms with Gasteiger partial charge in [0.25, 0.3) is 0 Å². The Bertz CT molecular complexity index is 91.7. The standard InChI is InChI=1S/C6H11O4/c7-6(8)4-2-1-3-5-10-9/h1-5H2,(H,7,8). The second-order valence-electron chi connectivity index (χ2n) is 2.03. The Morgan fingerprint density at radius 3 is 2.50 bits per heavy atom. The van der Waals surface area contributed by atoms with E-state index >= 15 is 0 Å². The van der Waals surface area contributed by atoms with Crippen molar-refractivity contribution in [3.8, 4) is 0 Å². The first-order valence-corrected chi connectivity index (χ1v) is 3.24. The van der Waals surface area contributed by atoms with Crippen molar-refractivity contribution in [3.05, 3.63) is 0 Å². The van der Waals surface area contributed by atoms with Crippen LogP contribution in [0.4, 0.5) is 0 Å². The van der Waals surface area contributed by atoms with E-state index in [1.807, 2.05) is 0 Å². The molecule has 0 heterocycles. The van der Waals surface area contributed by atoms with E-state index in [2.05, 4.69) is 4.89 Å². The topological polar surface area (TPSA) is 66.4 Å². The van der Waals surface area contributed by atoms with E-state index in [1.54, 1.807) is 0 Å². The molecule has 0 saturated heterocycles.